The number of carbonyl (C=O) groups excluding carboxylic acids is 2. The van der Waals surface area contributed by atoms with Crippen molar-refractivity contribution < 1.29 is 9.59 Å². The molecule has 0 aliphatic carbocycles. The number of anilines is 1. The van der Waals surface area contributed by atoms with Gasteiger partial charge in [0.2, 0.25) is 5.91 Å². The predicted octanol–water partition coefficient (Wildman–Crippen LogP) is 5.74. The van der Waals surface area contributed by atoms with Crippen molar-refractivity contribution in [1.29, 1.82) is 0 Å². The molecule has 0 heterocycles. The van der Waals surface area contributed by atoms with Gasteiger partial charge in [0.25, 0.3) is 0 Å². The Labute approximate surface area is 160 Å². The SMILES string of the molecule is CC(C)(C)c1ccc(C(=O)CCC(=O)Nc2cccc3ccccc23)cc1. The van der Waals surface area contributed by atoms with Gasteiger partial charge >= 0.3 is 0 Å². The minimum Gasteiger partial charge on any atom is -0.326 e. The minimum absolute atomic E-state index is 0.0106. The van der Waals surface area contributed by atoms with Gasteiger partial charge in [-0.2, -0.15) is 0 Å². The van der Waals surface area contributed by atoms with Crippen LogP contribution < -0.4 is 5.32 Å². The Kier molecular flexibility index (Phi) is 5.41. The predicted molar refractivity (Wildman–Crippen MR) is 111 cm³/mol. The number of ketones is 1. The summed E-state index contributed by atoms with van der Waals surface area (Å²) in [6.07, 6.45) is 0.370. The average Bonchev–Trinajstić information content (AvgIpc) is 2.66. The second kappa shape index (κ2) is 7.75. The van der Waals surface area contributed by atoms with E-state index in [1.807, 2.05) is 66.7 Å². The van der Waals surface area contributed by atoms with Gasteiger partial charge in [-0.05, 0) is 22.4 Å². The number of hydrogen-bond acceptors (Lipinski definition) is 2. The molecule has 0 radical (unpaired) electrons. The fourth-order valence-electron chi connectivity index (χ4n) is 3.07. The first-order valence-electron chi connectivity index (χ1n) is 9.26. The molecule has 3 heteroatoms. The summed E-state index contributed by atoms with van der Waals surface area (Å²) >= 11 is 0. The smallest absolute Gasteiger partial charge is 0.224 e. The van der Waals surface area contributed by atoms with Crippen LogP contribution in [0.5, 0.6) is 0 Å². The van der Waals surface area contributed by atoms with E-state index >= 15 is 0 Å². The highest BCUT2D eigenvalue weighted by Gasteiger charge is 2.15. The van der Waals surface area contributed by atoms with Crippen molar-refractivity contribution in [3.63, 3.8) is 0 Å². The minimum atomic E-state index is -0.147. The molecule has 0 aliphatic heterocycles. The monoisotopic (exact) mass is 359 g/mol. The number of benzene rings is 3. The van der Waals surface area contributed by atoms with Gasteiger partial charge in [-0.15, -0.1) is 0 Å². The lowest BCUT2D eigenvalue weighted by atomic mass is 9.86. The van der Waals surface area contributed by atoms with Crippen molar-refractivity contribution in [1.82, 2.24) is 0 Å². The summed E-state index contributed by atoms with van der Waals surface area (Å²) in [5.74, 6) is -0.158. The summed E-state index contributed by atoms with van der Waals surface area (Å²) in [6, 6.07) is 21.4. The number of carbonyl (C=O) groups is 2. The third kappa shape index (κ3) is 4.62. The lowest BCUT2D eigenvalue weighted by molar-refractivity contribution is -0.116. The normalized spacial score (nSPS) is 11.4. The second-order valence-corrected chi connectivity index (χ2v) is 7.83. The number of rotatable bonds is 5. The zero-order chi connectivity index (χ0) is 19.4. The highest BCUT2D eigenvalue weighted by molar-refractivity contribution is 6.04. The Morgan fingerprint density at radius 3 is 2.19 bits per heavy atom. The zero-order valence-electron chi connectivity index (χ0n) is 16.1. The maximum Gasteiger partial charge on any atom is 0.224 e. The second-order valence-electron chi connectivity index (χ2n) is 7.83. The molecule has 0 spiro atoms. The van der Waals surface area contributed by atoms with Crippen LogP contribution in [0.15, 0.2) is 66.7 Å². The Hall–Kier alpha value is -2.94. The molecular formula is C24H25NO2. The van der Waals surface area contributed by atoms with Gasteiger partial charge in [0.1, 0.15) is 0 Å². The van der Waals surface area contributed by atoms with Gasteiger partial charge in [-0.1, -0.05) is 81.4 Å². The fraction of sp³-hybridized carbons (Fsp3) is 0.250. The van der Waals surface area contributed by atoms with Gasteiger partial charge in [-0.25, -0.2) is 0 Å². The van der Waals surface area contributed by atoms with Gasteiger partial charge in [0, 0.05) is 29.5 Å². The first-order valence-corrected chi connectivity index (χ1v) is 9.26. The van der Waals surface area contributed by atoms with E-state index in [0.29, 0.717) is 5.56 Å². The molecule has 138 valence electrons. The molecule has 3 nitrogen and oxygen atoms in total. The van der Waals surface area contributed by atoms with Crippen molar-refractivity contribution >= 4 is 28.2 Å². The van der Waals surface area contributed by atoms with Crippen LogP contribution in [0.4, 0.5) is 5.69 Å². The van der Waals surface area contributed by atoms with E-state index in [4.69, 9.17) is 0 Å². The van der Waals surface area contributed by atoms with Crippen LogP contribution in [-0.2, 0) is 10.2 Å². The lowest BCUT2D eigenvalue weighted by Crippen LogP contribution is -2.14. The molecule has 0 fully saturated rings. The van der Waals surface area contributed by atoms with Crippen LogP contribution in [0.25, 0.3) is 10.8 Å². The molecule has 27 heavy (non-hydrogen) atoms. The van der Waals surface area contributed by atoms with Gasteiger partial charge in [-0.3, -0.25) is 9.59 Å². The van der Waals surface area contributed by atoms with E-state index in [9.17, 15) is 9.59 Å². The van der Waals surface area contributed by atoms with Crippen LogP contribution in [0.3, 0.4) is 0 Å². The molecule has 0 atom stereocenters. The first-order chi connectivity index (χ1) is 12.8. The Balaban J connectivity index is 1.61. The van der Waals surface area contributed by atoms with E-state index in [-0.39, 0.29) is 29.9 Å². The maximum absolute atomic E-state index is 12.4. The summed E-state index contributed by atoms with van der Waals surface area (Å²) in [7, 11) is 0. The fourth-order valence-corrected chi connectivity index (χ4v) is 3.07. The summed E-state index contributed by atoms with van der Waals surface area (Å²) in [6.45, 7) is 6.42. The molecule has 0 aliphatic rings. The summed E-state index contributed by atoms with van der Waals surface area (Å²) in [4.78, 5) is 24.7. The van der Waals surface area contributed by atoms with E-state index in [2.05, 4.69) is 26.1 Å². The first kappa shape index (κ1) is 18.8. The van der Waals surface area contributed by atoms with Crippen LogP contribution >= 0.6 is 0 Å². The number of Topliss-reactive ketones (excluding diaryl/α,β-unsaturated/α-hetero) is 1. The summed E-state index contributed by atoms with van der Waals surface area (Å²) < 4.78 is 0. The molecule has 1 N–H and O–H groups in total. The highest BCUT2D eigenvalue weighted by Crippen LogP contribution is 2.24. The van der Waals surface area contributed by atoms with E-state index in [1.165, 1.54) is 5.56 Å². The van der Waals surface area contributed by atoms with Crippen molar-refractivity contribution in [3.05, 3.63) is 77.9 Å². The van der Waals surface area contributed by atoms with Gasteiger partial charge < -0.3 is 5.32 Å². The average molecular weight is 359 g/mol. The topological polar surface area (TPSA) is 46.2 Å². The van der Waals surface area contributed by atoms with Crippen LogP contribution in [0.2, 0.25) is 0 Å². The Morgan fingerprint density at radius 2 is 1.48 bits per heavy atom. The molecule has 3 rings (SSSR count). The van der Waals surface area contributed by atoms with E-state index in [0.717, 1.165) is 16.5 Å². The number of fused-ring (bicyclic) bond motifs is 1. The molecule has 0 bridgehead atoms. The van der Waals surface area contributed by atoms with Gasteiger partial charge in [0.15, 0.2) is 5.78 Å². The maximum atomic E-state index is 12.4. The standard InChI is InChI=1S/C24H25NO2/c1-24(2,3)19-13-11-18(12-14-19)22(26)15-16-23(27)25-21-10-6-8-17-7-4-5-9-20(17)21/h4-14H,15-16H2,1-3H3,(H,25,27). The third-order valence-electron chi connectivity index (χ3n) is 4.72. The molecule has 0 saturated heterocycles. The molecule has 1 amide bonds. The Bertz CT molecular complexity index is 960. The number of hydrogen-bond donors (Lipinski definition) is 1. The van der Waals surface area contributed by atoms with Crippen LogP contribution in [0.1, 0.15) is 49.5 Å². The quantitative estimate of drug-likeness (QED) is 0.591. The van der Waals surface area contributed by atoms with Crippen molar-refractivity contribution in [2.24, 2.45) is 0 Å². The lowest BCUT2D eigenvalue weighted by Gasteiger charge is -2.19. The molecular weight excluding hydrogens is 334 g/mol. The number of amides is 1. The van der Waals surface area contributed by atoms with Gasteiger partial charge in [0.05, 0.1) is 0 Å². The molecule has 3 aromatic rings. The highest BCUT2D eigenvalue weighted by atomic mass is 16.2. The summed E-state index contributed by atoms with van der Waals surface area (Å²) in [5, 5.41) is 5.00. The van der Waals surface area contributed by atoms with Crippen LogP contribution in [0, 0.1) is 0 Å². The summed E-state index contributed by atoms with van der Waals surface area (Å²) in [5.41, 5.74) is 2.67. The molecule has 0 unspecified atom stereocenters. The third-order valence-corrected chi connectivity index (χ3v) is 4.72. The van der Waals surface area contributed by atoms with E-state index < -0.39 is 0 Å². The molecule has 3 aromatic carbocycles. The largest absolute Gasteiger partial charge is 0.326 e. The van der Waals surface area contributed by atoms with Crippen molar-refractivity contribution in [2.45, 2.75) is 39.0 Å². The van der Waals surface area contributed by atoms with Crippen molar-refractivity contribution in [3.8, 4) is 0 Å². The Morgan fingerprint density at radius 1 is 0.815 bits per heavy atom. The molecule has 0 saturated carbocycles. The van der Waals surface area contributed by atoms with E-state index in [1.54, 1.807) is 0 Å². The molecule has 0 aromatic heterocycles. The van der Waals surface area contributed by atoms with Crippen LogP contribution in [-0.4, -0.2) is 11.7 Å². The zero-order valence-corrected chi connectivity index (χ0v) is 16.1. The van der Waals surface area contributed by atoms with Crippen molar-refractivity contribution in [2.75, 3.05) is 5.32 Å². The number of nitrogens with one attached hydrogen (secondary N) is 1.